The van der Waals surface area contributed by atoms with Gasteiger partial charge < -0.3 is 30.1 Å². The van der Waals surface area contributed by atoms with E-state index in [4.69, 9.17) is 15.6 Å². The van der Waals surface area contributed by atoms with Crippen LogP contribution in [0, 0.1) is 17.8 Å². The Labute approximate surface area is 371 Å². The Morgan fingerprint density at radius 3 is 2.16 bits per heavy atom. The third-order valence-electron chi connectivity index (χ3n) is 14.2. The van der Waals surface area contributed by atoms with E-state index in [-0.39, 0.29) is 24.8 Å². The Morgan fingerprint density at radius 2 is 1.38 bits per heavy atom. The maximum atomic E-state index is 13.3. The lowest BCUT2D eigenvalue weighted by Crippen LogP contribution is -2.57. The fraction of sp³-hybridized carbons (Fsp3) is 0.438. The average molecular weight is 864 g/mol. The lowest BCUT2D eigenvalue weighted by Gasteiger charge is -2.48. The van der Waals surface area contributed by atoms with E-state index < -0.39 is 23.8 Å². The number of piperidine rings is 2. The molecule has 0 bridgehead atoms. The number of nitrogens with two attached hydrogens (primary N) is 1. The number of hydrogen-bond donors (Lipinski definition) is 2. The molecule has 0 saturated carbocycles. The molecule has 8 heterocycles. The highest BCUT2D eigenvalue weighted by molar-refractivity contribution is 6.23. The van der Waals surface area contributed by atoms with Crippen molar-refractivity contribution in [3.05, 3.63) is 90.3 Å². The smallest absolute Gasteiger partial charge is 0.262 e. The van der Waals surface area contributed by atoms with Crippen LogP contribution in [-0.2, 0) is 9.59 Å². The minimum Gasteiger partial charge on any atom is -0.457 e. The van der Waals surface area contributed by atoms with Crippen LogP contribution in [0.2, 0.25) is 0 Å². The van der Waals surface area contributed by atoms with Crippen LogP contribution in [0.15, 0.2) is 79.1 Å². The Balaban J connectivity index is 0.615. The molecule has 16 heteroatoms. The highest BCUT2D eigenvalue weighted by Crippen LogP contribution is 2.37. The summed E-state index contributed by atoms with van der Waals surface area (Å²) in [6.45, 7) is 11.9. The van der Waals surface area contributed by atoms with Crippen molar-refractivity contribution in [2.24, 2.45) is 17.8 Å². The number of ether oxygens (including phenoxy) is 1. The van der Waals surface area contributed by atoms with Crippen LogP contribution in [0.25, 0.3) is 22.3 Å². The number of para-hydroxylation sites is 1. The van der Waals surface area contributed by atoms with Crippen LogP contribution in [0.5, 0.6) is 11.5 Å². The summed E-state index contributed by atoms with van der Waals surface area (Å²) in [4.78, 5) is 70.7. The van der Waals surface area contributed by atoms with Crippen molar-refractivity contribution >= 4 is 46.2 Å². The largest absolute Gasteiger partial charge is 0.457 e. The predicted molar refractivity (Wildman–Crippen MR) is 240 cm³/mol. The fourth-order valence-corrected chi connectivity index (χ4v) is 10.9. The minimum absolute atomic E-state index is 0.107. The predicted octanol–water partition coefficient (Wildman–Crippen LogP) is 4.30. The van der Waals surface area contributed by atoms with Crippen molar-refractivity contribution in [2.75, 3.05) is 82.6 Å². The van der Waals surface area contributed by atoms with E-state index >= 15 is 0 Å². The molecule has 4 amide bonds. The van der Waals surface area contributed by atoms with Gasteiger partial charge >= 0.3 is 0 Å². The summed E-state index contributed by atoms with van der Waals surface area (Å²) >= 11 is 0. The second-order valence-corrected chi connectivity index (χ2v) is 18.7. The molecule has 5 saturated heterocycles. The molecule has 2 aromatic heterocycles. The zero-order valence-electron chi connectivity index (χ0n) is 35.8. The number of likely N-dealkylation sites (tertiary alicyclic amines) is 3. The quantitative estimate of drug-likeness (QED) is 0.170. The number of hydrogen-bond acceptors (Lipinski definition) is 13. The Hall–Kier alpha value is -6.23. The van der Waals surface area contributed by atoms with Gasteiger partial charge in [-0.2, -0.15) is 5.10 Å². The van der Waals surface area contributed by atoms with Gasteiger partial charge in [-0.05, 0) is 98.7 Å². The molecule has 11 rings (SSSR count). The van der Waals surface area contributed by atoms with Crippen LogP contribution in [-0.4, -0.2) is 141 Å². The number of carbonyl (C=O) groups is 4. The van der Waals surface area contributed by atoms with Crippen molar-refractivity contribution in [1.29, 1.82) is 0 Å². The van der Waals surface area contributed by atoms with Gasteiger partial charge in [0.05, 0.1) is 22.6 Å². The first-order valence-electron chi connectivity index (χ1n) is 22.8. The van der Waals surface area contributed by atoms with Crippen molar-refractivity contribution in [2.45, 2.75) is 44.2 Å². The zero-order chi connectivity index (χ0) is 43.5. The van der Waals surface area contributed by atoms with Crippen LogP contribution >= 0.6 is 0 Å². The summed E-state index contributed by atoms with van der Waals surface area (Å²) in [6.07, 6.45) is 5.07. The summed E-state index contributed by atoms with van der Waals surface area (Å²) in [7, 11) is 0. The second-order valence-electron chi connectivity index (χ2n) is 18.7. The van der Waals surface area contributed by atoms with Gasteiger partial charge in [-0.1, -0.05) is 18.2 Å². The standard InChI is InChI=1S/C48H53N11O5/c49-44-42-43(33-6-9-37(10-7-33)64-36-4-2-1-3-5-36)53-59(45(42)51-29-50-44)34-15-18-54(19-16-34)21-30-14-17-55(22-30)23-31-24-56(25-31)26-32-27-57(28-32)35-8-11-38-39(20-35)48(63)58(47(38)62)40-12-13-41(60)52-46(40)61/h1-11,20,29-32,34,40H,12-19,21-28H2,(H2,49,50,51)(H,52,60,61). The molecule has 2 unspecified atom stereocenters. The van der Waals surface area contributed by atoms with E-state index in [2.05, 4.69) is 39.6 Å². The van der Waals surface area contributed by atoms with E-state index in [1.165, 1.54) is 32.4 Å². The first-order valence-corrected chi connectivity index (χ1v) is 22.8. The van der Waals surface area contributed by atoms with Gasteiger partial charge in [0, 0.05) is 89.0 Å². The highest BCUT2D eigenvalue weighted by atomic mass is 16.5. The van der Waals surface area contributed by atoms with Gasteiger partial charge in [-0.3, -0.25) is 29.4 Å². The number of benzene rings is 3. The normalized spacial score (nSPS) is 22.9. The molecule has 3 aromatic carbocycles. The molecule has 0 spiro atoms. The SMILES string of the molecule is Nc1ncnc2c1c(-c1ccc(Oc3ccccc3)cc1)nn2C1CCN(CC2CCN(CC3CN(CC4CN(c5ccc6c(c5)C(=O)N(C5CCC(=O)NC5=O)C6=O)C4)C3)C2)CC1. The minimum atomic E-state index is -0.953. The van der Waals surface area contributed by atoms with E-state index in [9.17, 15) is 19.2 Å². The topological polar surface area (TPSA) is 175 Å². The van der Waals surface area contributed by atoms with E-state index in [0.717, 1.165) is 110 Å². The van der Waals surface area contributed by atoms with Crippen LogP contribution in [0.1, 0.15) is 58.9 Å². The van der Waals surface area contributed by atoms with Gasteiger partial charge in [0.15, 0.2) is 5.65 Å². The third kappa shape index (κ3) is 7.77. The van der Waals surface area contributed by atoms with E-state index in [0.29, 0.717) is 34.7 Å². The van der Waals surface area contributed by atoms with E-state index in [1.54, 1.807) is 12.1 Å². The Kier molecular flexibility index (Phi) is 10.6. The van der Waals surface area contributed by atoms with Crippen LogP contribution in [0.4, 0.5) is 11.5 Å². The number of anilines is 2. The number of nitrogen functional groups attached to an aromatic ring is 1. The molecule has 6 aliphatic rings. The summed E-state index contributed by atoms with van der Waals surface area (Å²) < 4.78 is 8.12. The average Bonchev–Trinajstić information content (AvgIpc) is 3.96. The molecule has 0 radical (unpaired) electrons. The second kappa shape index (κ2) is 16.7. The number of fused-ring (bicyclic) bond motifs is 2. The molecular formula is C48H53N11O5. The molecule has 64 heavy (non-hydrogen) atoms. The summed E-state index contributed by atoms with van der Waals surface area (Å²) in [5, 5.41) is 8.19. The molecule has 2 atom stereocenters. The number of nitrogens with zero attached hydrogens (tertiary/aromatic N) is 9. The molecule has 330 valence electrons. The van der Waals surface area contributed by atoms with Gasteiger partial charge in [0.2, 0.25) is 11.8 Å². The summed E-state index contributed by atoms with van der Waals surface area (Å²) in [5.74, 6) is 2.05. The molecule has 6 aliphatic heterocycles. The van der Waals surface area contributed by atoms with Gasteiger partial charge in [0.1, 0.15) is 35.4 Å². The maximum Gasteiger partial charge on any atom is 0.262 e. The molecule has 5 aromatic rings. The number of nitrogens with one attached hydrogen (secondary N) is 1. The van der Waals surface area contributed by atoms with Crippen molar-refractivity contribution < 1.29 is 23.9 Å². The van der Waals surface area contributed by atoms with Crippen molar-refractivity contribution in [1.82, 2.24) is 44.7 Å². The van der Waals surface area contributed by atoms with Crippen molar-refractivity contribution in [3.8, 4) is 22.8 Å². The van der Waals surface area contributed by atoms with Gasteiger partial charge in [-0.15, -0.1) is 0 Å². The molecule has 0 aliphatic carbocycles. The molecule has 3 N–H and O–H groups in total. The maximum absolute atomic E-state index is 13.3. The summed E-state index contributed by atoms with van der Waals surface area (Å²) in [6, 6.07) is 22.4. The lowest BCUT2D eigenvalue weighted by atomic mass is 9.93. The first kappa shape index (κ1) is 40.5. The van der Waals surface area contributed by atoms with Gasteiger partial charge in [-0.25, -0.2) is 14.6 Å². The van der Waals surface area contributed by atoms with Crippen LogP contribution < -0.4 is 20.7 Å². The van der Waals surface area contributed by atoms with Crippen LogP contribution in [0.3, 0.4) is 0 Å². The molecule has 16 nitrogen and oxygen atoms in total. The number of imide groups is 2. The number of aromatic nitrogens is 4. The number of amides is 4. The third-order valence-corrected chi connectivity index (χ3v) is 14.2. The molecular weight excluding hydrogens is 811 g/mol. The Morgan fingerprint density at radius 1 is 0.688 bits per heavy atom. The monoisotopic (exact) mass is 863 g/mol. The highest BCUT2D eigenvalue weighted by Gasteiger charge is 2.45. The Bertz CT molecular complexity index is 2600. The fourth-order valence-electron chi connectivity index (χ4n) is 10.9. The van der Waals surface area contributed by atoms with Crippen molar-refractivity contribution in [3.63, 3.8) is 0 Å². The lowest BCUT2D eigenvalue weighted by molar-refractivity contribution is -0.136. The number of carbonyl (C=O) groups excluding carboxylic acids is 4. The summed E-state index contributed by atoms with van der Waals surface area (Å²) in [5.41, 5.74) is 10.6. The van der Waals surface area contributed by atoms with Gasteiger partial charge in [0.25, 0.3) is 11.8 Å². The number of rotatable bonds is 12. The molecule has 5 fully saturated rings. The zero-order valence-corrected chi connectivity index (χ0v) is 35.8. The first-order chi connectivity index (χ1) is 31.2. The van der Waals surface area contributed by atoms with E-state index in [1.807, 2.05) is 60.7 Å².